The minimum absolute atomic E-state index is 0.241. The van der Waals surface area contributed by atoms with Crippen LogP contribution in [0.3, 0.4) is 0 Å². The van der Waals surface area contributed by atoms with Crippen LogP contribution in [-0.2, 0) is 11.3 Å². The fraction of sp³-hybridized carbons (Fsp3) is 0.150. The first-order valence-corrected chi connectivity index (χ1v) is 8.46. The zero-order valence-electron chi connectivity index (χ0n) is 14.2. The van der Waals surface area contributed by atoms with Crippen molar-refractivity contribution < 1.29 is 4.74 Å². The molecule has 0 fully saturated rings. The van der Waals surface area contributed by atoms with Crippen molar-refractivity contribution in [3.05, 3.63) is 91.5 Å². The molecule has 0 N–H and O–H groups in total. The number of ether oxygens (including phenoxy) is 1. The lowest BCUT2D eigenvalue weighted by atomic mass is 10.2. The number of anilines is 2. The summed E-state index contributed by atoms with van der Waals surface area (Å²) in [4.78, 5) is 16.8. The summed E-state index contributed by atoms with van der Waals surface area (Å²) in [5.74, 6) is 0.832. The molecule has 6 nitrogen and oxygen atoms in total. The highest BCUT2D eigenvalue weighted by molar-refractivity contribution is 5.59. The molecular weight excluding hydrogens is 326 g/mol. The number of nitrogens with zero attached hydrogens (tertiary/aromatic N) is 5. The minimum atomic E-state index is -0.241. The van der Waals surface area contributed by atoms with Crippen molar-refractivity contribution in [1.29, 1.82) is 0 Å². The van der Waals surface area contributed by atoms with E-state index in [1.54, 1.807) is 6.20 Å². The molecule has 2 aliphatic rings. The molecule has 130 valence electrons. The smallest absolute Gasteiger partial charge is 0.155 e. The zero-order chi connectivity index (χ0) is 17.6. The maximum atomic E-state index is 6.04. The fourth-order valence-corrected chi connectivity index (χ4v) is 2.78. The Morgan fingerprint density at radius 1 is 1.04 bits per heavy atom. The lowest BCUT2D eigenvalue weighted by Gasteiger charge is -2.30. The van der Waals surface area contributed by atoms with Crippen LogP contribution in [0.5, 0.6) is 0 Å². The Kier molecular flexibility index (Phi) is 4.84. The van der Waals surface area contributed by atoms with Crippen molar-refractivity contribution in [2.45, 2.75) is 12.8 Å². The van der Waals surface area contributed by atoms with Gasteiger partial charge in [0.25, 0.3) is 0 Å². The van der Waals surface area contributed by atoms with E-state index in [-0.39, 0.29) is 6.23 Å². The number of allylic oxidation sites excluding steroid dienone is 4. The Morgan fingerprint density at radius 3 is 2.85 bits per heavy atom. The molecule has 4 rings (SSSR count). The summed E-state index contributed by atoms with van der Waals surface area (Å²) in [6.07, 6.45) is 21.0. The SMILES string of the molecule is C1=CCN(c2ccnc(N3C=CC=CC3OCc3ccncn3)c2)C=C1. The molecule has 0 bridgehead atoms. The first-order chi connectivity index (χ1) is 12.9. The molecule has 0 radical (unpaired) electrons. The van der Waals surface area contributed by atoms with Gasteiger partial charge < -0.3 is 14.5 Å². The van der Waals surface area contributed by atoms with Crippen LogP contribution in [0.15, 0.2) is 85.8 Å². The summed E-state index contributed by atoms with van der Waals surface area (Å²) in [5.41, 5.74) is 1.93. The van der Waals surface area contributed by atoms with Gasteiger partial charge in [0.15, 0.2) is 6.23 Å². The summed E-state index contributed by atoms with van der Waals surface area (Å²) in [6, 6.07) is 5.92. The van der Waals surface area contributed by atoms with E-state index in [0.29, 0.717) is 6.61 Å². The third-order valence-corrected chi connectivity index (χ3v) is 4.09. The highest BCUT2D eigenvalue weighted by Crippen LogP contribution is 2.25. The van der Waals surface area contributed by atoms with Crippen LogP contribution >= 0.6 is 0 Å². The molecule has 1 unspecified atom stereocenters. The van der Waals surface area contributed by atoms with E-state index in [1.807, 2.05) is 59.8 Å². The largest absolute Gasteiger partial charge is 0.348 e. The van der Waals surface area contributed by atoms with Crippen molar-refractivity contribution in [1.82, 2.24) is 15.0 Å². The monoisotopic (exact) mass is 345 g/mol. The van der Waals surface area contributed by atoms with E-state index in [9.17, 15) is 0 Å². The van der Waals surface area contributed by atoms with Crippen LogP contribution in [0, 0.1) is 0 Å². The van der Waals surface area contributed by atoms with Gasteiger partial charge >= 0.3 is 0 Å². The third kappa shape index (κ3) is 3.70. The standard InChI is InChI=1S/C20H19N5O/c1-3-11-24(12-4-1)18-8-10-22-19(14-18)25-13-5-2-6-20(25)26-15-17-7-9-21-16-23-17/h1-11,13-14,16,20H,12,15H2. The van der Waals surface area contributed by atoms with Gasteiger partial charge in [0.2, 0.25) is 0 Å². The number of hydrogen-bond acceptors (Lipinski definition) is 6. The minimum Gasteiger partial charge on any atom is -0.348 e. The Hall–Kier alpha value is -3.25. The van der Waals surface area contributed by atoms with Gasteiger partial charge in [0.1, 0.15) is 12.1 Å². The molecule has 2 aliphatic heterocycles. The van der Waals surface area contributed by atoms with E-state index in [0.717, 1.165) is 23.7 Å². The summed E-state index contributed by atoms with van der Waals surface area (Å²) >= 11 is 0. The molecule has 0 spiro atoms. The van der Waals surface area contributed by atoms with Gasteiger partial charge in [0, 0.05) is 43.1 Å². The molecule has 6 heteroatoms. The quantitative estimate of drug-likeness (QED) is 0.829. The summed E-state index contributed by atoms with van der Waals surface area (Å²) in [7, 11) is 0. The van der Waals surface area contributed by atoms with Gasteiger partial charge in [-0.05, 0) is 30.4 Å². The summed E-state index contributed by atoms with van der Waals surface area (Å²) in [5, 5.41) is 0. The lowest BCUT2D eigenvalue weighted by Crippen LogP contribution is -2.33. The van der Waals surface area contributed by atoms with Gasteiger partial charge in [-0.1, -0.05) is 18.2 Å². The molecule has 0 aliphatic carbocycles. The second kappa shape index (κ2) is 7.76. The van der Waals surface area contributed by atoms with Crippen molar-refractivity contribution in [2.24, 2.45) is 0 Å². The van der Waals surface area contributed by atoms with Crippen LogP contribution < -0.4 is 9.80 Å². The predicted octanol–water partition coefficient (Wildman–Crippen LogP) is 3.19. The topological polar surface area (TPSA) is 54.4 Å². The van der Waals surface area contributed by atoms with E-state index in [1.165, 1.54) is 6.33 Å². The second-order valence-corrected chi connectivity index (χ2v) is 5.83. The predicted molar refractivity (Wildman–Crippen MR) is 101 cm³/mol. The van der Waals surface area contributed by atoms with Crippen molar-refractivity contribution in [3.8, 4) is 0 Å². The highest BCUT2D eigenvalue weighted by atomic mass is 16.5. The average molecular weight is 345 g/mol. The Labute approximate surface area is 152 Å². The number of hydrogen-bond donors (Lipinski definition) is 0. The first kappa shape index (κ1) is 16.2. The van der Waals surface area contributed by atoms with Gasteiger partial charge in [-0.25, -0.2) is 15.0 Å². The van der Waals surface area contributed by atoms with Crippen LogP contribution in [0.4, 0.5) is 11.5 Å². The summed E-state index contributed by atoms with van der Waals surface area (Å²) < 4.78 is 6.04. The normalized spacial score (nSPS) is 18.5. The zero-order valence-corrected chi connectivity index (χ0v) is 14.2. The summed E-state index contributed by atoms with van der Waals surface area (Å²) in [6.45, 7) is 1.25. The van der Waals surface area contributed by atoms with Crippen LogP contribution in [-0.4, -0.2) is 27.7 Å². The number of aromatic nitrogens is 3. The fourth-order valence-electron chi connectivity index (χ4n) is 2.78. The molecule has 4 heterocycles. The lowest BCUT2D eigenvalue weighted by molar-refractivity contribution is 0.0720. The van der Waals surface area contributed by atoms with Crippen molar-refractivity contribution in [2.75, 3.05) is 16.3 Å². The molecule has 26 heavy (non-hydrogen) atoms. The molecular formula is C20H19N5O. The van der Waals surface area contributed by atoms with Gasteiger partial charge in [-0.3, -0.25) is 0 Å². The Morgan fingerprint density at radius 2 is 2.00 bits per heavy atom. The first-order valence-electron chi connectivity index (χ1n) is 8.46. The van der Waals surface area contributed by atoms with Gasteiger partial charge in [-0.2, -0.15) is 0 Å². The molecule has 1 atom stereocenters. The number of rotatable bonds is 5. The molecule has 0 aromatic carbocycles. The van der Waals surface area contributed by atoms with E-state index in [2.05, 4.69) is 38.2 Å². The van der Waals surface area contributed by atoms with Crippen molar-refractivity contribution in [3.63, 3.8) is 0 Å². The van der Waals surface area contributed by atoms with Crippen LogP contribution in [0.2, 0.25) is 0 Å². The maximum absolute atomic E-state index is 6.04. The molecule has 0 saturated carbocycles. The van der Waals surface area contributed by atoms with Gasteiger partial charge in [0.05, 0.1) is 12.3 Å². The molecule has 2 aromatic rings. The maximum Gasteiger partial charge on any atom is 0.155 e. The third-order valence-electron chi connectivity index (χ3n) is 4.09. The second-order valence-electron chi connectivity index (χ2n) is 5.83. The van der Waals surface area contributed by atoms with E-state index in [4.69, 9.17) is 4.74 Å². The van der Waals surface area contributed by atoms with Crippen LogP contribution in [0.25, 0.3) is 0 Å². The molecule has 2 aromatic heterocycles. The Bertz CT molecular complexity index is 860. The van der Waals surface area contributed by atoms with Crippen molar-refractivity contribution >= 4 is 11.5 Å². The molecule has 0 saturated heterocycles. The highest BCUT2D eigenvalue weighted by Gasteiger charge is 2.19. The molecule has 0 amide bonds. The van der Waals surface area contributed by atoms with E-state index >= 15 is 0 Å². The van der Waals surface area contributed by atoms with Crippen LogP contribution in [0.1, 0.15) is 5.69 Å². The Balaban J connectivity index is 1.51. The van der Waals surface area contributed by atoms with E-state index < -0.39 is 0 Å². The number of pyridine rings is 1. The average Bonchev–Trinajstić information content (AvgIpc) is 2.74. The van der Waals surface area contributed by atoms with Gasteiger partial charge in [-0.15, -0.1) is 0 Å².